The lowest BCUT2D eigenvalue weighted by atomic mass is 9.83. The van der Waals surface area contributed by atoms with E-state index >= 15 is 0 Å². The molecule has 5 rings (SSSR count). The van der Waals surface area contributed by atoms with Gasteiger partial charge < -0.3 is 47.7 Å². The topological polar surface area (TPSA) is 284 Å². The highest BCUT2D eigenvalue weighted by Crippen LogP contribution is 2.31. The number of hydrogen-bond acceptors (Lipinski definition) is 14. The molecule has 0 bridgehead atoms. The van der Waals surface area contributed by atoms with Crippen LogP contribution in [0.15, 0.2) is 91.1 Å². The average molecular weight is 1020 g/mol. The molecule has 384 valence electrons. The van der Waals surface area contributed by atoms with E-state index in [9.17, 15) is 48.9 Å². The van der Waals surface area contributed by atoms with E-state index in [0.717, 1.165) is 49.2 Å². The Morgan fingerprint density at radius 3 is 2.04 bits per heavy atom. The molecule has 71 heavy (non-hydrogen) atoms. The van der Waals surface area contributed by atoms with Crippen LogP contribution in [0.3, 0.4) is 0 Å². The number of aromatic amines is 1. The van der Waals surface area contributed by atoms with Gasteiger partial charge in [0.25, 0.3) is 0 Å². The molecular weight excluding hydrogens is 945 g/mol. The predicted molar refractivity (Wildman–Crippen MR) is 277 cm³/mol. The van der Waals surface area contributed by atoms with Gasteiger partial charge in [-0.05, 0) is 75.3 Å². The van der Waals surface area contributed by atoms with E-state index in [1.807, 2.05) is 84.9 Å². The molecule has 0 saturated carbocycles. The molecule has 10 unspecified atom stereocenters. The fourth-order valence-electron chi connectivity index (χ4n) is 8.73. The third-order valence-electron chi connectivity index (χ3n) is 13.1. The lowest BCUT2D eigenvalue weighted by molar-refractivity contribution is -0.137. The summed E-state index contributed by atoms with van der Waals surface area (Å²) in [6.45, 7) is 2.44. The van der Waals surface area contributed by atoms with Crippen LogP contribution >= 0.6 is 21.6 Å². The number of rotatable bonds is 18. The summed E-state index contributed by atoms with van der Waals surface area (Å²) in [4.78, 5) is 104. The van der Waals surface area contributed by atoms with Crippen molar-refractivity contribution in [1.82, 2.24) is 20.9 Å². The van der Waals surface area contributed by atoms with Crippen molar-refractivity contribution in [3.63, 3.8) is 0 Å². The first kappa shape index (κ1) is 56.7. The first-order valence-electron chi connectivity index (χ1n) is 24.4. The molecule has 3 aromatic carbocycles. The maximum absolute atomic E-state index is 14.9. The van der Waals surface area contributed by atoms with Crippen LogP contribution in [0.25, 0.3) is 10.9 Å². The smallest absolute Gasteiger partial charge is 0.225 e. The summed E-state index contributed by atoms with van der Waals surface area (Å²) in [5.41, 5.74) is 15.5. The highest BCUT2D eigenvalue weighted by Gasteiger charge is 2.37. The molecule has 1 saturated heterocycles. The minimum absolute atomic E-state index is 0.0152. The molecular formula is C53H70N6O10S2. The summed E-state index contributed by atoms with van der Waals surface area (Å²) in [6, 6.07) is 21.2. The van der Waals surface area contributed by atoms with Crippen LogP contribution in [0.2, 0.25) is 0 Å². The number of para-hydroxylation sites is 1. The molecule has 2 heterocycles. The minimum atomic E-state index is -1.49. The van der Waals surface area contributed by atoms with Crippen LogP contribution in [0, 0.1) is 23.7 Å². The van der Waals surface area contributed by atoms with Crippen molar-refractivity contribution in [3.05, 3.63) is 108 Å². The number of aliphatic hydroxyl groups is 3. The monoisotopic (exact) mass is 1010 g/mol. The Balaban J connectivity index is 1.56. The average Bonchev–Trinajstić information content (AvgIpc) is 3.76. The van der Waals surface area contributed by atoms with Gasteiger partial charge >= 0.3 is 0 Å². The number of ketones is 4. The Morgan fingerprint density at radius 1 is 0.746 bits per heavy atom. The number of carbonyl (C=O) groups is 7. The Morgan fingerprint density at radius 2 is 1.38 bits per heavy atom. The normalized spacial score (nSPS) is 23.2. The molecule has 0 spiro atoms. The van der Waals surface area contributed by atoms with Crippen molar-refractivity contribution in [3.8, 4) is 0 Å². The van der Waals surface area contributed by atoms with Gasteiger partial charge in [-0.1, -0.05) is 107 Å². The van der Waals surface area contributed by atoms with Gasteiger partial charge in [0.1, 0.15) is 11.8 Å². The first-order chi connectivity index (χ1) is 34.1. The molecule has 18 heteroatoms. The number of amides is 3. The zero-order valence-corrected chi connectivity index (χ0v) is 42.1. The number of Topliss-reactive ketones (excluding diaryl/α,β-unsaturated/α-hetero) is 4. The summed E-state index contributed by atoms with van der Waals surface area (Å²) >= 11 is 0. The van der Waals surface area contributed by atoms with Gasteiger partial charge in [0.05, 0.1) is 48.8 Å². The fraction of sp³-hybridized carbons (Fsp3) is 0.491. The van der Waals surface area contributed by atoms with E-state index in [1.54, 1.807) is 6.20 Å². The van der Waals surface area contributed by atoms with Crippen LogP contribution in [0.1, 0.15) is 75.5 Å². The SMILES string of the molecule is CC(O)C(CO)NC(=O)C1CSSCC(CC(=O)C(N)Cc2ccccc2)C(=O)NC(Cc2ccccc2)C(=O)CC(Cc2c[nH]c3ccccc23)C(=O)CC(CCCCN)C(=O)NC(C(C)O)C(=O)C1. The van der Waals surface area contributed by atoms with Gasteiger partial charge in [-0.3, -0.25) is 33.6 Å². The standard InChI is InChI=1S/C53H70N6O10S2/c1-32(61)45(29-60)58-53(69)40-27-49(66)50(33(2)62)59-51(67)36(17-11-12-20-54)24-46(63)37(23-38-28-56-43-19-10-9-18-41(38)43)25-48(65)44(22-35-15-7-4-8-16-35)57-52(68)39(30-70-71-31-40)26-47(64)42(55)21-34-13-5-3-6-14-34/h3-10,13-16,18-19,28,32-33,36-37,39-40,42,44-45,50,56,60-62H,11-12,17,20-27,29-31,54-55H2,1-2H3,(H,57,68)(H,58,69)(H,59,67). The quantitative estimate of drug-likeness (QED) is 0.0510. The molecule has 0 aliphatic carbocycles. The maximum atomic E-state index is 14.9. The number of fused-ring (bicyclic) bond motifs is 1. The van der Waals surface area contributed by atoms with Crippen molar-refractivity contribution in [2.24, 2.45) is 35.1 Å². The Kier molecular flexibility index (Phi) is 22.9. The number of benzene rings is 3. The van der Waals surface area contributed by atoms with Crippen LogP contribution in [-0.4, -0.2) is 122 Å². The largest absolute Gasteiger partial charge is 0.394 e. The number of nitrogens with one attached hydrogen (secondary N) is 4. The van der Waals surface area contributed by atoms with Crippen molar-refractivity contribution in [1.29, 1.82) is 0 Å². The first-order valence-corrected chi connectivity index (χ1v) is 26.9. The summed E-state index contributed by atoms with van der Waals surface area (Å²) in [6.07, 6.45) is -0.541. The lowest BCUT2D eigenvalue weighted by Crippen LogP contribution is -2.52. The van der Waals surface area contributed by atoms with E-state index < -0.39 is 108 Å². The van der Waals surface area contributed by atoms with Gasteiger partial charge in [-0.2, -0.15) is 0 Å². The second-order valence-corrected chi connectivity index (χ2v) is 21.3. The minimum Gasteiger partial charge on any atom is -0.394 e. The van der Waals surface area contributed by atoms with Gasteiger partial charge in [-0.25, -0.2) is 0 Å². The zero-order valence-electron chi connectivity index (χ0n) is 40.5. The molecule has 1 aromatic heterocycles. The van der Waals surface area contributed by atoms with Crippen molar-refractivity contribution < 1.29 is 48.9 Å². The van der Waals surface area contributed by atoms with Crippen molar-refractivity contribution >= 4 is 73.3 Å². The third-order valence-corrected chi connectivity index (χ3v) is 15.6. The molecule has 4 aromatic rings. The maximum Gasteiger partial charge on any atom is 0.225 e. The van der Waals surface area contributed by atoms with Crippen molar-refractivity contribution in [2.75, 3.05) is 24.7 Å². The highest BCUT2D eigenvalue weighted by atomic mass is 33.1. The number of hydrogen-bond donors (Lipinski definition) is 9. The Labute approximate surface area is 423 Å². The van der Waals surface area contributed by atoms with Gasteiger partial charge in [0.2, 0.25) is 17.7 Å². The fourth-order valence-corrected chi connectivity index (χ4v) is 11.4. The van der Waals surface area contributed by atoms with Crippen LogP contribution in [0.5, 0.6) is 0 Å². The molecule has 1 fully saturated rings. The van der Waals surface area contributed by atoms with E-state index in [0.29, 0.717) is 19.4 Å². The third kappa shape index (κ3) is 17.5. The van der Waals surface area contributed by atoms with Crippen LogP contribution in [-0.2, 0) is 52.8 Å². The zero-order chi connectivity index (χ0) is 51.5. The summed E-state index contributed by atoms with van der Waals surface area (Å²) in [7, 11) is 2.31. The number of nitrogens with two attached hydrogens (primary N) is 2. The lowest BCUT2D eigenvalue weighted by Gasteiger charge is -2.28. The van der Waals surface area contributed by atoms with E-state index in [4.69, 9.17) is 11.5 Å². The van der Waals surface area contributed by atoms with Crippen molar-refractivity contribution in [2.45, 2.75) is 114 Å². The molecule has 0 radical (unpaired) electrons. The van der Waals surface area contributed by atoms with E-state index in [-0.39, 0.29) is 62.2 Å². The van der Waals surface area contributed by atoms with Gasteiger partial charge in [-0.15, -0.1) is 0 Å². The summed E-state index contributed by atoms with van der Waals surface area (Å²) < 4.78 is 0. The van der Waals surface area contributed by atoms with E-state index in [2.05, 4.69) is 20.9 Å². The molecule has 16 nitrogen and oxygen atoms in total. The van der Waals surface area contributed by atoms with E-state index in [1.165, 1.54) is 13.8 Å². The molecule has 1 aliphatic heterocycles. The summed E-state index contributed by atoms with van der Waals surface area (Å²) in [5.74, 6) is -7.96. The summed E-state index contributed by atoms with van der Waals surface area (Å²) in [5, 5.41) is 40.3. The van der Waals surface area contributed by atoms with Gasteiger partial charge in [0, 0.05) is 66.1 Å². The second kappa shape index (κ2) is 28.7. The second-order valence-electron chi connectivity index (χ2n) is 18.7. The molecule has 11 N–H and O–H groups in total. The Bertz CT molecular complexity index is 2380. The number of H-pyrrole nitrogens is 1. The Hall–Kier alpha value is -5.21. The molecule has 10 atom stereocenters. The number of aromatic nitrogens is 1. The molecule has 1 aliphatic rings. The van der Waals surface area contributed by atoms with Crippen LogP contribution < -0.4 is 27.4 Å². The van der Waals surface area contributed by atoms with Crippen LogP contribution in [0.4, 0.5) is 0 Å². The highest BCUT2D eigenvalue weighted by molar-refractivity contribution is 8.76. The number of carbonyl (C=O) groups excluding carboxylic acids is 7. The number of unbranched alkanes of at least 4 members (excludes halogenated alkanes) is 1. The predicted octanol–water partition coefficient (Wildman–Crippen LogP) is 3.56. The number of aliphatic hydroxyl groups excluding tert-OH is 3. The van der Waals surface area contributed by atoms with Gasteiger partial charge in [0.15, 0.2) is 17.3 Å². The molecule has 3 amide bonds.